The van der Waals surface area contributed by atoms with Crippen LogP contribution in [0, 0.1) is 5.92 Å². The first-order valence-corrected chi connectivity index (χ1v) is 6.46. The molecule has 0 saturated carbocycles. The van der Waals surface area contributed by atoms with Gasteiger partial charge in [-0.25, -0.2) is 9.78 Å². The van der Waals surface area contributed by atoms with E-state index in [-0.39, 0.29) is 0 Å². The minimum atomic E-state index is -0.511. The Hall–Kier alpha value is -1.78. The summed E-state index contributed by atoms with van der Waals surface area (Å²) in [4.78, 5) is 15.7. The third-order valence-corrected chi connectivity index (χ3v) is 2.11. The molecule has 106 valence electrons. The lowest BCUT2D eigenvalue weighted by Gasteiger charge is -2.19. The molecule has 2 N–H and O–H groups in total. The van der Waals surface area contributed by atoms with Crippen LogP contribution >= 0.6 is 0 Å². The van der Waals surface area contributed by atoms with Gasteiger partial charge in [0.25, 0.3) is 0 Å². The molecule has 1 amide bonds. The van der Waals surface area contributed by atoms with Crippen molar-refractivity contribution in [1.29, 1.82) is 0 Å². The Morgan fingerprint density at radius 1 is 1.37 bits per heavy atom. The quantitative estimate of drug-likeness (QED) is 0.874. The highest BCUT2D eigenvalue weighted by atomic mass is 16.6. The van der Waals surface area contributed by atoms with Crippen molar-refractivity contribution in [3.63, 3.8) is 0 Å². The van der Waals surface area contributed by atoms with Crippen molar-refractivity contribution in [3.8, 4) is 0 Å². The number of aromatic nitrogens is 1. The third kappa shape index (κ3) is 6.64. The smallest absolute Gasteiger partial charge is 0.413 e. The lowest BCUT2D eigenvalue weighted by molar-refractivity contribution is 0.0635. The number of anilines is 2. The highest BCUT2D eigenvalue weighted by Crippen LogP contribution is 2.12. The molecule has 0 unspecified atom stereocenters. The minimum Gasteiger partial charge on any atom is -0.444 e. The van der Waals surface area contributed by atoms with Crippen LogP contribution < -0.4 is 10.6 Å². The zero-order valence-electron chi connectivity index (χ0n) is 12.3. The van der Waals surface area contributed by atoms with E-state index in [2.05, 4.69) is 29.5 Å². The summed E-state index contributed by atoms with van der Waals surface area (Å²) in [5.74, 6) is 1.05. The monoisotopic (exact) mass is 265 g/mol. The number of nitrogens with one attached hydrogen (secondary N) is 2. The van der Waals surface area contributed by atoms with Crippen molar-refractivity contribution in [2.45, 2.75) is 40.2 Å². The molecule has 1 rings (SSSR count). The molecule has 0 spiro atoms. The Morgan fingerprint density at radius 3 is 2.53 bits per heavy atom. The van der Waals surface area contributed by atoms with E-state index in [1.54, 1.807) is 12.3 Å². The summed E-state index contributed by atoms with van der Waals surface area (Å²) < 4.78 is 5.15. The van der Waals surface area contributed by atoms with E-state index in [1.165, 1.54) is 0 Å². The number of hydrogen-bond donors (Lipinski definition) is 2. The van der Waals surface area contributed by atoms with Crippen LogP contribution in [0.4, 0.5) is 16.3 Å². The summed E-state index contributed by atoms with van der Waals surface area (Å²) in [5.41, 5.74) is 0.423. The summed E-state index contributed by atoms with van der Waals surface area (Å²) in [6.07, 6.45) is 1.19. The highest BCUT2D eigenvalue weighted by molar-refractivity contribution is 5.83. The molecule has 5 nitrogen and oxygen atoms in total. The average molecular weight is 265 g/mol. The number of amides is 1. The summed E-state index contributed by atoms with van der Waals surface area (Å²) in [6, 6.07) is 3.62. The van der Waals surface area contributed by atoms with E-state index < -0.39 is 11.7 Å². The molecule has 0 aromatic carbocycles. The van der Waals surface area contributed by atoms with Crippen molar-refractivity contribution < 1.29 is 9.53 Å². The molecule has 0 aliphatic heterocycles. The fourth-order valence-corrected chi connectivity index (χ4v) is 1.30. The van der Waals surface area contributed by atoms with Gasteiger partial charge in [-0.05, 0) is 38.8 Å². The Kier molecular flexibility index (Phi) is 5.15. The molecule has 19 heavy (non-hydrogen) atoms. The van der Waals surface area contributed by atoms with Crippen molar-refractivity contribution in [1.82, 2.24) is 4.98 Å². The van der Waals surface area contributed by atoms with E-state index in [4.69, 9.17) is 4.74 Å². The van der Waals surface area contributed by atoms with Crippen molar-refractivity contribution in [3.05, 3.63) is 18.3 Å². The molecular formula is C14H23N3O2. The van der Waals surface area contributed by atoms with E-state index in [0.717, 1.165) is 12.2 Å². The lowest BCUT2D eigenvalue weighted by Crippen LogP contribution is -2.27. The second kappa shape index (κ2) is 6.41. The van der Waals surface area contributed by atoms with Gasteiger partial charge in [0.1, 0.15) is 11.4 Å². The topological polar surface area (TPSA) is 63.2 Å². The number of pyridine rings is 1. The van der Waals surface area contributed by atoms with Gasteiger partial charge < -0.3 is 10.1 Å². The number of ether oxygens (including phenoxy) is 1. The van der Waals surface area contributed by atoms with Gasteiger partial charge in [0.2, 0.25) is 0 Å². The summed E-state index contributed by atoms with van der Waals surface area (Å²) >= 11 is 0. The van der Waals surface area contributed by atoms with E-state index >= 15 is 0 Å². The van der Waals surface area contributed by atoms with Gasteiger partial charge in [0.15, 0.2) is 0 Å². The maximum atomic E-state index is 11.5. The van der Waals surface area contributed by atoms with Crippen molar-refractivity contribution in [2.24, 2.45) is 5.92 Å². The average Bonchev–Trinajstić information content (AvgIpc) is 2.25. The first kappa shape index (κ1) is 15.3. The van der Waals surface area contributed by atoms with Crippen LogP contribution in [0.3, 0.4) is 0 Å². The molecule has 0 radical (unpaired) electrons. The zero-order chi connectivity index (χ0) is 14.5. The van der Waals surface area contributed by atoms with Crippen molar-refractivity contribution in [2.75, 3.05) is 17.2 Å². The summed E-state index contributed by atoms with van der Waals surface area (Å²) in [7, 11) is 0. The zero-order valence-corrected chi connectivity index (χ0v) is 12.3. The lowest BCUT2D eigenvalue weighted by atomic mass is 10.2. The Bertz CT molecular complexity index is 408. The maximum Gasteiger partial charge on any atom is 0.413 e. The number of hydrogen-bond acceptors (Lipinski definition) is 4. The van der Waals surface area contributed by atoms with Crippen LogP contribution in [0.2, 0.25) is 0 Å². The second-order valence-electron chi connectivity index (χ2n) is 5.83. The van der Waals surface area contributed by atoms with Gasteiger partial charge in [0.05, 0.1) is 11.9 Å². The van der Waals surface area contributed by atoms with Crippen LogP contribution in [0.1, 0.15) is 34.6 Å². The molecule has 5 heteroatoms. The molecule has 0 saturated heterocycles. The van der Waals surface area contributed by atoms with Gasteiger partial charge in [-0.1, -0.05) is 13.8 Å². The van der Waals surface area contributed by atoms with Gasteiger partial charge in [-0.3, -0.25) is 5.32 Å². The first-order chi connectivity index (χ1) is 8.76. The van der Waals surface area contributed by atoms with Crippen LogP contribution in [0.25, 0.3) is 0 Å². The minimum absolute atomic E-state index is 0.476. The molecule has 0 atom stereocenters. The summed E-state index contributed by atoms with van der Waals surface area (Å²) in [6.45, 7) is 10.6. The molecule has 1 aromatic heterocycles. The number of carbonyl (C=O) groups is 1. The summed E-state index contributed by atoms with van der Waals surface area (Å²) in [5, 5.41) is 5.85. The molecule has 1 heterocycles. The number of carbonyl (C=O) groups excluding carboxylic acids is 1. The number of rotatable bonds is 4. The van der Waals surface area contributed by atoms with Gasteiger partial charge in [-0.2, -0.15) is 0 Å². The SMILES string of the molecule is CC(C)CNc1ccc(NC(=O)OC(C)(C)C)nc1. The predicted octanol–water partition coefficient (Wildman–Crippen LogP) is 3.50. The largest absolute Gasteiger partial charge is 0.444 e. The predicted molar refractivity (Wildman–Crippen MR) is 77.4 cm³/mol. The normalized spacial score (nSPS) is 11.3. The van der Waals surface area contributed by atoms with E-state index in [9.17, 15) is 4.79 Å². The molecule has 1 aromatic rings. The van der Waals surface area contributed by atoms with Crippen LogP contribution in [0.5, 0.6) is 0 Å². The second-order valence-corrected chi connectivity index (χ2v) is 5.83. The van der Waals surface area contributed by atoms with Crippen LogP contribution in [0.15, 0.2) is 18.3 Å². The van der Waals surface area contributed by atoms with Gasteiger partial charge in [0, 0.05) is 6.54 Å². The highest BCUT2D eigenvalue weighted by Gasteiger charge is 2.16. The van der Waals surface area contributed by atoms with E-state index in [0.29, 0.717) is 11.7 Å². The van der Waals surface area contributed by atoms with Crippen LogP contribution in [-0.2, 0) is 4.74 Å². The fraction of sp³-hybridized carbons (Fsp3) is 0.571. The maximum absolute atomic E-state index is 11.5. The molecule has 0 aliphatic rings. The van der Waals surface area contributed by atoms with E-state index in [1.807, 2.05) is 26.8 Å². The van der Waals surface area contributed by atoms with Crippen molar-refractivity contribution >= 4 is 17.6 Å². The fourth-order valence-electron chi connectivity index (χ4n) is 1.30. The standard InChI is InChI=1S/C14H23N3O2/c1-10(2)8-15-11-6-7-12(16-9-11)17-13(18)19-14(3,4)5/h6-7,9-10,15H,8H2,1-5H3,(H,16,17,18). The Morgan fingerprint density at radius 2 is 2.05 bits per heavy atom. The third-order valence-electron chi connectivity index (χ3n) is 2.11. The van der Waals surface area contributed by atoms with Gasteiger partial charge >= 0.3 is 6.09 Å². The van der Waals surface area contributed by atoms with Crippen LogP contribution in [-0.4, -0.2) is 23.2 Å². The molecule has 0 fully saturated rings. The molecular weight excluding hydrogens is 242 g/mol. The Labute approximate surface area is 114 Å². The van der Waals surface area contributed by atoms with Gasteiger partial charge in [-0.15, -0.1) is 0 Å². The molecule has 0 aliphatic carbocycles. The first-order valence-electron chi connectivity index (χ1n) is 6.46. The Balaban J connectivity index is 2.50. The molecule has 0 bridgehead atoms. The number of nitrogens with zero attached hydrogens (tertiary/aromatic N) is 1.